The van der Waals surface area contributed by atoms with Gasteiger partial charge in [-0.25, -0.2) is 17.6 Å². The van der Waals surface area contributed by atoms with Gasteiger partial charge < -0.3 is 0 Å². The molecule has 2 atom stereocenters. The van der Waals surface area contributed by atoms with Crippen LogP contribution in [0.3, 0.4) is 0 Å². The largest absolute Gasteiger partial charge is 0.295 e. The summed E-state index contributed by atoms with van der Waals surface area (Å²) in [5.41, 5.74) is 1.80. The van der Waals surface area contributed by atoms with E-state index in [-0.39, 0.29) is 18.5 Å². The van der Waals surface area contributed by atoms with Crippen LogP contribution < -0.4 is 4.72 Å². The van der Waals surface area contributed by atoms with Gasteiger partial charge >= 0.3 is 0 Å². The van der Waals surface area contributed by atoms with E-state index >= 15 is 4.39 Å². The van der Waals surface area contributed by atoms with Gasteiger partial charge in [-0.2, -0.15) is 0 Å². The molecule has 0 bridgehead atoms. The fourth-order valence-corrected chi connectivity index (χ4v) is 5.00. The van der Waals surface area contributed by atoms with Crippen molar-refractivity contribution in [1.29, 1.82) is 0 Å². The summed E-state index contributed by atoms with van der Waals surface area (Å²) >= 11 is 1.37. The second-order valence-electron chi connectivity index (χ2n) is 8.16. The summed E-state index contributed by atoms with van der Waals surface area (Å²) in [7, 11) is 1.65. The summed E-state index contributed by atoms with van der Waals surface area (Å²) in [4.78, 5) is 1.60. The fraction of sp³-hybridized carbons (Fsp3) is 0.455. The molecule has 0 amide bonds. The van der Waals surface area contributed by atoms with Crippen LogP contribution in [-0.4, -0.2) is 41.7 Å². The maximum absolute atomic E-state index is 15.3. The van der Waals surface area contributed by atoms with Crippen molar-refractivity contribution in [3.8, 4) is 11.1 Å². The molecule has 2 aliphatic rings. The number of hydrogen-bond donors (Lipinski definition) is 1. The minimum absolute atomic E-state index is 0.156. The van der Waals surface area contributed by atoms with Crippen LogP contribution in [0.2, 0.25) is 0 Å². The summed E-state index contributed by atoms with van der Waals surface area (Å²) in [6.07, 6.45) is 2.24. The Kier molecular flexibility index (Phi) is 5.66. The first-order valence-corrected chi connectivity index (χ1v) is 10.7. The second kappa shape index (κ2) is 7.93. The quantitative estimate of drug-likeness (QED) is 0.507. The Balaban J connectivity index is 1.61. The number of halogens is 4. The highest BCUT2D eigenvalue weighted by atomic mass is 32.2. The molecule has 1 saturated heterocycles. The van der Waals surface area contributed by atoms with E-state index in [0.717, 1.165) is 12.8 Å². The molecule has 1 aliphatic heterocycles. The van der Waals surface area contributed by atoms with Gasteiger partial charge in [0, 0.05) is 16.9 Å². The summed E-state index contributed by atoms with van der Waals surface area (Å²) in [5, 5.41) is 0.397. The minimum Gasteiger partial charge on any atom is -0.295 e. The first kappa shape index (κ1) is 20.7. The van der Waals surface area contributed by atoms with Gasteiger partial charge in [-0.3, -0.25) is 9.62 Å². The maximum atomic E-state index is 15.3. The van der Waals surface area contributed by atoms with Crippen LogP contribution in [0.1, 0.15) is 24.0 Å². The van der Waals surface area contributed by atoms with Gasteiger partial charge in [-0.1, -0.05) is 36.2 Å². The van der Waals surface area contributed by atoms with Gasteiger partial charge in [0.15, 0.2) is 0 Å². The van der Waals surface area contributed by atoms with Crippen LogP contribution in [0.5, 0.6) is 0 Å². The Morgan fingerprint density at radius 1 is 1.17 bits per heavy atom. The van der Waals surface area contributed by atoms with Crippen molar-refractivity contribution in [2.45, 2.75) is 49.4 Å². The van der Waals surface area contributed by atoms with E-state index in [0.29, 0.717) is 21.9 Å². The monoisotopic (exact) mass is 424 g/mol. The van der Waals surface area contributed by atoms with E-state index in [1.807, 2.05) is 0 Å². The molecular weight excluding hydrogens is 400 g/mol. The fourth-order valence-electron chi connectivity index (χ4n) is 3.96. The van der Waals surface area contributed by atoms with E-state index in [9.17, 15) is 13.2 Å². The molecule has 0 radical (unpaired) electrons. The van der Waals surface area contributed by atoms with E-state index in [2.05, 4.69) is 4.72 Å². The third-order valence-corrected chi connectivity index (χ3v) is 6.81. The molecule has 0 aromatic heterocycles. The van der Waals surface area contributed by atoms with E-state index in [1.165, 1.54) is 24.1 Å². The molecule has 2 aromatic rings. The van der Waals surface area contributed by atoms with Crippen LogP contribution in [0.25, 0.3) is 11.1 Å². The Morgan fingerprint density at radius 2 is 1.93 bits per heavy atom. The van der Waals surface area contributed by atoms with E-state index in [4.69, 9.17) is 0 Å². The first-order chi connectivity index (χ1) is 13.7. The lowest BCUT2D eigenvalue weighted by molar-refractivity contribution is -0.00426. The number of likely N-dealkylation sites (tertiary alicyclic amines) is 1. The Morgan fingerprint density at radius 3 is 2.62 bits per heavy atom. The van der Waals surface area contributed by atoms with Gasteiger partial charge in [0.05, 0.1) is 12.6 Å². The predicted molar refractivity (Wildman–Crippen MR) is 109 cm³/mol. The number of nitrogens with one attached hydrogen (secondary N) is 1. The smallest absolute Gasteiger partial charge is 0.277 e. The molecule has 156 valence electrons. The van der Waals surface area contributed by atoms with E-state index in [1.54, 1.807) is 43.1 Å². The highest BCUT2D eigenvalue weighted by Crippen LogP contribution is 2.39. The molecule has 0 spiro atoms. The van der Waals surface area contributed by atoms with Crippen molar-refractivity contribution in [2.75, 3.05) is 13.6 Å². The minimum atomic E-state index is -2.88. The summed E-state index contributed by atoms with van der Waals surface area (Å²) in [6.45, 7) is 1.39. The van der Waals surface area contributed by atoms with Crippen molar-refractivity contribution >= 4 is 11.9 Å². The highest BCUT2D eigenvalue weighted by Gasteiger charge is 2.53. The van der Waals surface area contributed by atoms with Crippen molar-refractivity contribution < 1.29 is 17.6 Å². The standard InChI is InChI=1S/C22H24F4N2S/c1-13-8-15(10-16(23)9-13)18-5-3-4-14(20(18)24)11-19-21(27-29-17-6-7-17)22(25,26)12-28(19)2/h3-5,8-10,17,19,21,27H,6-7,11-12H2,1-2H3. The number of nitrogens with zero attached hydrogens (tertiary/aromatic N) is 1. The van der Waals surface area contributed by atoms with Gasteiger partial charge in [0.25, 0.3) is 5.92 Å². The Labute approximate surface area is 172 Å². The molecule has 29 heavy (non-hydrogen) atoms. The molecule has 2 fully saturated rings. The molecular formula is C22H24F4N2S. The van der Waals surface area contributed by atoms with Gasteiger partial charge in [0.1, 0.15) is 11.6 Å². The van der Waals surface area contributed by atoms with Crippen molar-refractivity contribution in [3.05, 3.63) is 59.2 Å². The molecule has 2 unspecified atom stereocenters. The van der Waals surface area contributed by atoms with Gasteiger partial charge in [0.2, 0.25) is 0 Å². The van der Waals surface area contributed by atoms with Gasteiger partial charge in [-0.15, -0.1) is 0 Å². The third kappa shape index (κ3) is 4.47. The van der Waals surface area contributed by atoms with Crippen LogP contribution in [0.15, 0.2) is 36.4 Å². The van der Waals surface area contributed by atoms with Crippen molar-refractivity contribution in [2.24, 2.45) is 0 Å². The molecule has 2 nitrogen and oxygen atoms in total. The average Bonchev–Trinajstić information content (AvgIpc) is 3.41. The third-order valence-electron chi connectivity index (χ3n) is 5.61. The summed E-state index contributed by atoms with van der Waals surface area (Å²) in [6, 6.07) is 7.74. The molecule has 1 saturated carbocycles. The SMILES string of the molecule is Cc1cc(F)cc(-c2cccc(CC3C(NSC4CC4)C(F)(F)CN3C)c2F)c1. The van der Waals surface area contributed by atoms with Crippen LogP contribution in [-0.2, 0) is 6.42 Å². The zero-order valence-electron chi connectivity index (χ0n) is 16.4. The number of rotatable bonds is 6. The Hall–Kier alpha value is -1.57. The normalized spacial score (nSPS) is 24.2. The van der Waals surface area contributed by atoms with Crippen LogP contribution in [0.4, 0.5) is 17.6 Å². The molecule has 1 aliphatic carbocycles. The number of likely N-dealkylation sites (N-methyl/N-ethyl adjacent to an activating group) is 1. The molecule has 4 rings (SSSR count). The van der Waals surface area contributed by atoms with Crippen molar-refractivity contribution in [1.82, 2.24) is 9.62 Å². The average molecular weight is 425 g/mol. The Bertz CT molecular complexity index is 880. The second-order valence-corrected chi connectivity index (χ2v) is 9.29. The zero-order chi connectivity index (χ0) is 20.8. The lowest BCUT2D eigenvalue weighted by Crippen LogP contribution is -2.47. The maximum Gasteiger partial charge on any atom is 0.277 e. The van der Waals surface area contributed by atoms with Gasteiger partial charge in [-0.05, 0) is 62.1 Å². The van der Waals surface area contributed by atoms with E-state index < -0.39 is 29.6 Å². The topological polar surface area (TPSA) is 15.3 Å². The molecule has 7 heteroatoms. The number of hydrogen-bond acceptors (Lipinski definition) is 3. The van der Waals surface area contributed by atoms with Crippen molar-refractivity contribution in [3.63, 3.8) is 0 Å². The number of alkyl halides is 2. The molecule has 1 heterocycles. The highest BCUT2D eigenvalue weighted by molar-refractivity contribution is 7.98. The number of aryl methyl sites for hydroxylation is 1. The van der Waals surface area contributed by atoms with Crippen LogP contribution in [0, 0.1) is 18.6 Å². The molecule has 2 aromatic carbocycles. The molecule has 1 N–H and O–H groups in total. The lowest BCUT2D eigenvalue weighted by Gasteiger charge is -2.27. The summed E-state index contributed by atoms with van der Waals surface area (Å²) < 4.78 is 61.2. The zero-order valence-corrected chi connectivity index (χ0v) is 17.2. The lowest BCUT2D eigenvalue weighted by atomic mass is 9.95. The summed E-state index contributed by atoms with van der Waals surface area (Å²) in [5.74, 6) is -3.79. The number of benzene rings is 2. The van der Waals surface area contributed by atoms with Crippen LogP contribution >= 0.6 is 11.9 Å². The first-order valence-electron chi connectivity index (χ1n) is 9.79. The predicted octanol–water partition coefficient (Wildman–Crippen LogP) is 5.20.